The topological polar surface area (TPSA) is 74.6 Å². The number of halogens is 1. The van der Waals surface area contributed by atoms with Crippen LogP contribution in [0.25, 0.3) is 89.8 Å². The molecule has 0 spiro atoms. The van der Waals surface area contributed by atoms with Crippen molar-refractivity contribution in [3.05, 3.63) is 145 Å². The summed E-state index contributed by atoms with van der Waals surface area (Å²) in [5.41, 5.74) is 7.86. The van der Waals surface area contributed by atoms with Gasteiger partial charge in [-0.3, -0.25) is 9.13 Å². The summed E-state index contributed by atoms with van der Waals surface area (Å²) in [4.78, 5) is 22.2. The van der Waals surface area contributed by atoms with E-state index in [0.717, 1.165) is 60.8 Å². The molecular formula is C42H23FN6OS. The average Bonchev–Trinajstić information content (AvgIpc) is 3.86. The van der Waals surface area contributed by atoms with Gasteiger partial charge in [-0.2, -0.15) is 9.97 Å². The highest BCUT2D eigenvalue weighted by Gasteiger charge is 2.28. The van der Waals surface area contributed by atoms with E-state index >= 15 is 0 Å². The summed E-state index contributed by atoms with van der Waals surface area (Å²) in [6, 6.07) is 45.2. The lowest BCUT2D eigenvalue weighted by molar-refractivity contribution is 0.620. The fourth-order valence-electron chi connectivity index (χ4n) is 7.24. The maximum atomic E-state index is 14.7. The van der Waals surface area contributed by atoms with Gasteiger partial charge in [-0.25, -0.2) is 14.4 Å². The number of benzene rings is 6. The Hall–Kier alpha value is -6.58. The van der Waals surface area contributed by atoms with E-state index in [9.17, 15) is 4.39 Å². The Kier molecular flexibility index (Phi) is 5.94. The molecule has 10 aromatic rings. The molecule has 0 atom stereocenters. The van der Waals surface area contributed by atoms with E-state index in [-0.39, 0.29) is 5.82 Å². The van der Waals surface area contributed by atoms with Crippen LogP contribution < -0.4 is 0 Å². The molecule has 0 fully saturated rings. The molecule has 1 aliphatic heterocycles. The maximum Gasteiger partial charge on any atom is 0.239 e. The second-order valence-electron chi connectivity index (χ2n) is 12.5. The normalized spacial score (nSPS) is 12.3. The van der Waals surface area contributed by atoms with Gasteiger partial charge >= 0.3 is 0 Å². The summed E-state index contributed by atoms with van der Waals surface area (Å²) in [6.07, 6.45) is 0. The fraction of sp³-hybridized carbons (Fsp3) is 0. The highest BCUT2D eigenvalue weighted by atomic mass is 32.2. The third kappa shape index (κ3) is 4.25. The van der Waals surface area contributed by atoms with Crippen molar-refractivity contribution in [1.82, 2.24) is 29.1 Å². The first kappa shape index (κ1) is 28.3. The van der Waals surface area contributed by atoms with E-state index < -0.39 is 0 Å². The molecule has 5 heterocycles. The molecule has 0 N–H and O–H groups in total. The van der Waals surface area contributed by atoms with Gasteiger partial charge in [0, 0.05) is 42.6 Å². The predicted octanol–water partition coefficient (Wildman–Crippen LogP) is 10.7. The standard InChI is InChI=1S/C42H23FN6OS/c43-27-10-7-9-26(23-27)39-45-38(24-19-21-25(22-20-24)40-44-30-13-2-5-16-33(30)50-40)46-42(47-39)49-31-14-3-1-11-28(31)36-29-12-8-18-35-37(29)48(41(36)49)32-15-4-6-17-34(32)51-35/h1-23H. The van der Waals surface area contributed by atoms with Crippen LogP contribution in [0.2, 0.25) is 0 Å². The number of para-hydroxylation sites is 5. The number of oxazole rings is 1. The molecule has 0 saturated heterocycles. The monoisotopic (exact) mass is 678 g/mol. The molecule has 1 aliphatic rings. The van der Waals surface area contributed by atoms with Gasteiger partial charge in [-0.1, -0.05) is 90.6 Å². The van der Waals surface area contributed by atoms with Gasteiger partial charge in [0.05, 0.1) is 16.7 Å². The number of nitrogens with zero attached hydrogens (tertiary/aromatic N) is 6. The summed E-state index contributed by atoms with van der Waals surface area (Å²) >= 11 is 1.78. The van der Waals surface area contributed by atoms with Crippen LogP contribution in [0.5, 0.6) is 0 Å². The molecule has 0 bridgehead atoms. The van der Waals surface area contributed by atoms with Gasteiger partial charge in [0.2, 0.25) is 11.8 Å². The van der Waals surface area contributed by atoms with E-state index in [1.807, 2.05) is 60.7 Å². The maximum absolute atomic E-state index is 14.7. The van der Waals surface area contributed by atoms with Crippen LogP contribution in [-0.2, 0) is 0 Å². The first-order chi connectivity index (χ1) is 25.2. The lowest BCUT2D eigenvalue weighted by atomic mass is 10.1. The summed E-state index contributed by atoms with van der Waals surface area (Å²) < 4.78 is 25.1. The lowest BCUT2D eigenvalue weighted by Gasteiger charge is -2.20. The first-order valence-corrected chi connectivity index (χ1v) is 17.3. The lowest BCUT2D eigenvalue weighted by Crippen LogP contribution is -2.10. The quantitative estimate of drug-likeness (QED) is 0.184. The first-order valence-electron chi connectivity index (χ1n) is 16.5. The zero-order valence-corrected chi connectivity index (χ0v) is 27.5. The third-order valence-electron chi connectivity index (χ3n) is 9.47. The van der Waals surface area contributed by atoms with E-state index in [4.69, 9.17) is 19.4 Å². The SMILES string of the molecule is Fc1cccc(-c2nc(-c3ccc(-c4nc5ccccc5o4)cc3)nc(-n3c4ccccc4c4c5cccc6c5n(c43)-c3ccccc3S6)n2)c1. The van der Waals surface area contributed by atoms with Gasteiger partial charge in [-0.15, -0.1) is 0 Å². The zero-order valence-electron chi connectivity index (χ0n) is 26.7. The second kappa shape index (κ2) is 10.7. The van der Waals surface area contributed by atoms with E-state index in [2.05, 4.69) is 74.8 Å². The van der Waals surface area contributed by atoms with Crippen LogP contribution in [0.4, 0.5) is 4.39 Å². The molecule has 11 rings (SSSR count). The molecule has 240 valence electrons. The van der Waals surface area contributed by atoms with Gasteiger partial charge in [0.25, 0.3) is 0 Å². The van der Waals surface area contributed by atoms with E-state index in [0.29, 0.717) is 29.1 Å². The summed E-state index contributed by atoms with van der Waals surface area (Å²) in [5.74, 6) is 1.43. The van der Waals surface area contributed by atoms with Crippen molar-refractivity contribution in [2.24, 2.45) is 0 Å². The summed E-state index contributed by atoms with van der Waals surface area (Å²) in [5, 5.41) is 3.38. The molecule has 0 saturated carbocycles. The van der Waals surface area contributed by atoms with Gasteiger partial charge in [-0.05, 0) is 60.7 Å². The van der Waals surface area contributed by atoms with Crippen LogP contribution in [0.15, 0.2) is 154 Å². The van der Waals surface area contributed by atoms with Crippen LogP contribution in [0.3, 0.4) is 0 Å². The molecule has 0 aliphatic carbocycles. The second-order valence-corrected chi connectivity index (χ2v) is 13.5. The van der Waals surface area contributed by atoms with E-state index in [1.165, 1.54) is 21.9 Å². The molecule has 7 nitrogen and oxygen atoms in total. The Bertz CT molecular complexity index is 3000. The molecule has 0 amide bonds. The zero-order chi connectivity index (χ0) is 33.6. The Morgan fingerprint density at radius 2 is 1.29 bits per heavy atom. The Labute approximate surface area is 293 Å². The van der Waals surface area contributed by atoms with Gasteiger partial charge in [0.15, 0.2) is 17.2 Å². The molecule has 0 radical (unpaired) electrons. The van der Waals surface area contributed by atoms with Crippen molar-refractivity contribution in [3.63, 3.8) is 0 Å². The largest absolute Gasteiger partial charge is 0.436 e. The Morgan fingerprint density at radius 1 is 0.569 bits per heavy atom. The van der Waals surface area contributed by atoms with Crippen molar-refractivity contribution >= 4 is 55.7 Å². The fourth-order valence-corrected chi connectivity index (χ4v) is 8.33. The molecule has 4 aromatic heterocycles. The molecule has 6 aromatic carbocycles. The van der Waals surface area contributed by atoms with Crippen molar-refractivity contribution in [2.75, 3.05) is 0 Å². The molecule has 9 heteroatoms. The molecular weight excluding hydrogens is 656 g/mol. The summed E-state index contributed by atoms with van der Waals surface area (Å²) in [7, 11) is 0. The number of hydrogen-bond acceptors (Lipinski definition) is 6. The molecule has 0 unspecified atom stereocenters. The minimum absolute atomic E-state index is 0.364. The number of aromatic nitrogens is 6. The Balaban J connectivity index is 1.18. The average molecular weight is 679 g/mol. The highest BCUT2D eigenvalue weighted by molar-refractivity contribution is 7.99. The summed E-state index contributed by atoms with van der Waals surface area (Å²) in [6.45, 7) is 0. The third-order valence-corrected chi connectivity index (χ3v) is 10.6. The highest BCUT2D eigenvalue weighted by Crippen LogP contribution is 2.49. The number of hydrogen-bond donors (Lipinski definition) is 0. The van der Waals surface area contributed by atoms with Gasteiger partial charge < -0.3 is 4.42 Å². The number of rotatable bonds is 4. The minimum Gasteiger partial charge on any atom is -0.436 e. The predicted molar refractivity (Wildman–Crippen MR) is 199 cm³/mol. The smallest absolute Gasteiger partial charge is 0.239 e. The van der Waals surface area contributed by atoms with Crippen molar-refractivity contribution in [2.45, 2.75) is 9.79 Å². The van der Waals surface area contributed by atoms with Gasteiger partial charge in [0.1, 0.15) is 17.0 Å². The van der Waals surface area contributed by atoms with Crippen LogP contribution in [-0.4, -0.2) is 29.1 Å². The van der Waals surface area contributed by atoms with E-state index in [1.54, 1.807) is 17.8 Å². The number of fused-ring (bicyclic) bond motifs is 8. The minimum atomic E-state index is -0.364. The van der Waals surface area contributed by atoms with Crippen molar-refractivity contribution in [3.8, 4) is 45.9 Å². The van der Waals surface area contributed by atoms with Crippen molar-refractivity contribution in [1.29, 1.82) is 0 Å². The van der Waals surface area contributed by atoms with Crippen LogP contribution in [0.1, 0.15) is 0 Å². The van der Waals surface area contributed by atoms with Crippen LogP contribution in [0, 0.1) is 5.82 Å². The van der Waals surface area contributed by atoms with Crippen LogP contribution >= 0.6 is 11.8 Å². The molecule has 51 heavy (non-hydrogen) atoms. The Morgan fingerprint density at radius 3 is 2.18 bits per heavy atom. The van der Waals surface area contributed by atoms with Crippen molar-refractivity contribution < 1.29 is 8.81 Å².